The number of nitrogens with zero attached hydrogens (tertiary/aromatic N) is 2. The smallest absolute Gasteiger partial charge is 0.264 e. The number of sulfonamides is 1. The van der Waals surface area contributed by atoms with Gasteiger partial charge < -0.3 is 4.90 Å². The SMILES string of the molecule is Cc1ccc(CN(C)C)cc1NS(=O)(=O)c1ccc(C#N)cc1F. The summed E-state index contributed by atoms with van der Waals surface area (Å²) in [5.41, 5.74) is 2.13. The van der Waals surface area contributed by atoms with Crippen molar-refractivity contribution >= 4 is 15.7 Å². The summed E-state index contributed by atoms with van der Waals surface area (Å²) in [7, 11) is -0.260. The topological polar surface area (TPSA) is 73.2 Å². The molecule has 0 heterocycles. The van der Waals surface area contributed by atoms with Crippen molar-refractivity contribution in [2.75, 3.05) is 18.8 Å². The van der Waals surface area contributed by atoms with Gasteiger partial charge in [0.2, 0.25) is 0 Å². The summed E-state index contributed by atoms with van der Waals surface area (Å²) in [6.45, 7) is 2.42. The van der Waals surface area contributed by atoms with Crippen LogP contribution in [0.5, 0.6) is 0 Å². The van der Waals surface area contributed by atoms with Crippen LogP contribution in [0.25, 0.3) is 0 Å². The second kappa shape index (κ2) is 6.99. The third-order valence-corrected chi connectivity index (χ3v) is 4.79. The number of halogens is 1. The Morgan fingerprint density at radius 3 is 2.50 bits per heavy atom. The summed E-state index contributed by atoms with van der Waals surface area (Å²) in [4.78, 5) is 1.47. The standard InChI is InChI=1S/C17H18FN3O2S/c1-12-4-5-14(11-21(2)3)9-16(12)20-24(22,23)17-7-6-13(10-19)8-15(17)18/h4-9,20H,11H2,1-3H3. The van der Waals surface area contributed by atoms with Crippen LogP contribution < -0.4 is 4.72 Å². The Hall–Kier alpha value is -2.43. The predicted molar refractivity (Wildman–Crippen MR) is 90.5 cm³/mol. The maximum Gasteiger partial charge on any atom is 0.264 e. The molecule has 0 saturated carbocycles. The predicted octanol–water partition coefficient (Wildman–Crippen LogP) is 2.87. The van der Waals surface area contributed by atoms with E-state index in [1.807, 2.05) is 31.1 Å². The van der Waals surface area contributed by atoms with E-state index in [4.69, 9.17) is 5.26 Å². The van der Waals surface area contributed by atoms with Crippen LogP contribution in [0.3, 0.4) is 0 Å². The zero-order valence-corrected chi connectivity index (χ0v) is 14.5. The number of aryl methyl sites for hydroxylation is 1. The Morgan fingerprint density at radius 1 is 1.21 bits per heavy atom. The van der Waals surface area contributed by atoms with Gasteiger partial charge in [-0.2, -0.15) is 5.26 Å². The summed E-state index contributed by atoms with van der Waals surface area (Å²) in [6, 6.07) is 10.5. The van der Waals surface area contributed by atoms with E-state index in [0.717, 1.165) is 23.3 Å². The van der Waals surface area contributed by atoms with Crippen molar-refractivity contribution in [2.24, 2.45) is 0 Å². The van der Waals surface area contributed by atoms with Crippen LogP contribution >= 0.6 is 0 Å². The van der Waals surface area contributed by atoms with Gasteiger partial charge in [-0.15, -0.1) is 0 Å². The molecule has 0 aliphatic heterocycles. The van der Waals surface area contributed by atoms with Gasteiger partial charge in [0.1, 0.15) is 10.7 Å². The number of nitriles is 1. The first-order valence-corrected chi connectivity index (χ1v) is 8.68. The highest BCUT2D eigenvalue weighted by Gasteiger charge is 2.20. The third-order valence-electron chi connectivity index (χ3n) is 3.40. The fraction of sp³-hybridized carbons (Fsp3) is 0.235. The monoisotopic (exact) mass is 347 g/mol. The molecule has 0 radical (unpaired) electrons. The number of rotatable bonds is 5. The lowest BCUT2D eigenvalue weighted by atomic mass is 10.1. The average Bonchev–Trinajstić information content (AvgIpc) is 2.49. The first-order chi connectivity index (χ1) is 11.2. The first kappa shape index (κ1) is 17.9. The number of hydrogen-bond acceptors (Lipinski definition) is 4. The average molecular weight is 347 g/mol. The van der Waals surface area contributed by atoms with Gasteiger partial charge in [-0.25, -0.2) is 12.8 Å². The molecule has 0 atom stereocenters. The molecule has 24 heavy (non-hydrogen) atoms. The molecule has 126 valence electrons. The van der Waals surface area contributed by atoms with Crippen LogP contribution in [-0.4, -0.2) is 27.4 Å². The van der Waals surface area contributed by atoms with E-state index in [2.05, 4.69) is 4.72 Å². The second-order valence-electron chi connectivity index (χ2n) is 5.75. The molecule has 0 aliphatic carbocycles. The van der Waals surface area contributed by atoms with Gasteiger partial charge in [-0.3, -0.25) is 4.72 Å². The van der Waals surface area contributed by atoms with Crippen molar-refractivity contribution in [3.8, 4) is 6.07 Å². The molecular weight excluding hydrogens is 329 g/mol. The highest BCUT2D eigenvalue weighted by molar-refractivity contribution is 7.92. The lowest BCUT2D eigenvalue weighted by Gasteiger charge is -2.15. The summed E-state index contributed by atoms with van der Waals surface area (Å²) >= 11 is 0. The van der Waals surface area contributed by atoms with E-state index >= 15 is 0 Å². The number of anilines is 1. The van der Waals surface area contributed by atoms with Gasteiger partial charge >= 0.3 is 0 Å². The van der Waals surface area contributed by atoms with E-state index in [9.17, 15) is 12.8 Å². The summed E-state index contributed by atoms with van der Waals surface area (Å²) in [6.07, 6.45) is 0. The lowest BCUT2D eigenvalue weighted by molar-refractivity contribution is 0.402. The van der Waals surface area contributed by atoms with Gasteiger partial charge in [0.05, 0.1) is 17.3 Å². The Kier molecular flexibility index (Phi) is 5.22. The molecule has 0 spiro atoms. The maximum atomic E-state index is 14.0. The fourth-order valence-corrected chi connectivity index (χ4v) is 3.41. The Morgan fingerprint density at radius 2 is 1.92 bits per heavy atom. The third kappa shape index (κ3) is 4.10. The van der Waals surface area contributed by atoms with Crippen molar-refractivity contribution in [3.63, 3.8) is 0 Å². The zero-order chi connectivity index (χ0) is 17.9. The van der Waals surface area contributed by atoms with E-state index in [1.54, 1.807) is 19.1 Å². The van der Waals surface area contributed by atoms with Crippen molar-refractivity contribution < 1.29 is 12.8 Å². The molecule has 7 heteroatoms. The highest BCUT2D eigenvalue weighted by Crippen LogP contribution is 2.23. The molecule has 2 aromatic carbocycles. The van der Waals surface area contributed by atoms with Crippen LogP contribution in [-0.2, 0) is 16.6 Å². The zero-order valence-electron chi connectivity index (χ0n) is 13.7. The van der Waals surface area contributed by atoms with Crippen molar-refractivity contribution in [2.45, 2.75) is 18.4 Å². The Labute approximate surface area is 141 Å². The van der Waals surface area contributed by atoms with Crippen LogP contribution in [0.2, 0.25) is 0 Å². The quantitative estimate of drug-likeness (QED) is 0.903. The molecule has 0 amide bonds. The van der Waals surface area contributed by atoms with Crippen LogP contribution in [0.15, 0.2) is 41.3 Å². The summed E-state index contributed by atoms with van der Waals surface area (Å²) in [5.74, 6) is -0.955. The van der Waals surface area contributed by atoms with E-state index in [-0.39, 0.29) is 5.56 Å². The van der Waals surface area contributed by atoms with Gasteiger partial charge in [0.15, 0.2) is 0 Å². The summed E-state index contributed by atoms with van der Waals surface area (Å²) < 4.78 is 41.4. The normalized spacial score (nSPS) is 11.3. The molecule has 5 nitrogen and oxygen atoms in total. The number of benzene rings is 2. The molecule has 2 aromatic rings. The van der Waals surface area contributed by atoms with Crippen molar-refractivity contribution in [3.05, 3.63) is 58.9 Å². The molecular formula is C17H18FN3O2S. The molecule has 0 unspecified atom stereocenters. The summed E-state index contributed by atoms with van der Waals surface area (Å²) in [5, 5.41) is 8.74. The molecule has 0 fully saturated rings. The molecule has 1 N–H and O–H groups in total. The van der Waals surface area contributed by atoms with Crippen LogP contribution in [0.4, 0.5) is 10.1 Å². The number of nitrogens with one attached hydrogen (secondary N) is 1. The molecule has 0 saturated heterocycles. The molecule has 0 aliphatic rings. The van der Waals surface area contributed by atoms with Gasteiger partial charge in [0, 0.05) is 6.54 Å². The van der Waals surface area contributed by atoms with Crippen molar-refractivity contribution in [1.82, 2.24) is 4.90 Å². The van der Waals surface area contributed by atoms with Gasteiger partial charge in [-0.05, 0) is 56.4 Å². The van der Waals surface area contributed by atoms with E-state index < -0.39 is 20.7 Å². The second-order valence-corrected chi connectivity index (χ2v) is 7.40. The first-order valence-electron chi connectivity index (χ1n) is 7.19. The fourth-order valence-electron chi connectivity index (χ4n) is 2.23. The van der Waals surface area contributed by atoms with Crippen molar-refractivity contribution in [1.29, 1.82) is 5.26 Å². The minimum absolute atomic E-state index is 0.0654. The maximum absolute atomic E-state index is 14.0. The molecule has 0 aromatic heterocycles. The lowest BCUT2D eigenvalue weighted by Crippen LogP contribution is -2.16. The number of hydrogen-bond donors (Lipinski definition) is 1. The molecule has 2 rings (SSSR count). The van der Waals surface area contributed by atoms with Gasteiger partial charge in [-0.1, -0.05) is 12.1 Å². The van der Waals surface area contributed by atoms with E-state index in [1.165, 1.54) is 6.07 Å². The minimum Gasteiger partial charge on any atom is -0.305 e. The Balaban J connectivity index is 2.38. The van der Waals surface area contributed by atoms with Crippen LogP contribution in [0.1, 0.15) is 16.7 Å². The van der Waals surface area contributed by atoms with Gasteiger partial charge in [0.25, 0.3) is 10.0 Å². The highest BCUT2D eigenvalue weighted by atomic mass is 32.2. The molecule has 0 bridgehead atoms. The Bertz CT molecular complexity index is 903. The van der Waals surface area contributed by atoms with Crippen LogP contribution in [0, 0.1) is 24.1 Å². The van der Waals surface area contributed by atoms with E-state index in [0.29, 0.717) is 12.2 Å². The minimum atomic E-state index is -4.08. The largest absolute Gasteiger partial charge is 0.305 e.